The Hall–Kier alpha value is -1.43. The molecule has 6 heteroatoms. The standard InChI is InChI=1S/C16H25N5O/c1-15(2,3)12-19-13(17)21-14(20-12)18-10-9-5-8-22-11(9)16(10)6-4-7-16/h9-11H,4-8H2,1-3H3,(H3,17,18,19,20,21)/t9-,10+,11-/m0/s1. The summed E-state index contributed by atoms with van der Waals surface area (Å²) in [5, 5.41) is 3.57. The fourth-order valence-electron chi connectivity index (χ4n) is 4.39. The fraction of sp³-hybridized carbons (Fsp3) is 0.812. The van der Waals surface area contributed by atoms with Gasteiger partial charge in [-0.15, -0.1) is 0 Å². The largest absolute Gasteiger partial charge is 0.377 e. The monoisotopic (exact) mass is 303 g/mol. The number of nitrogens with one attached hydrogen (secondary N) is 1. The van der Waals surface area contributed by atoms with E-state index < -0.39 is 0 Å². The van der Waals surface area contributed by atoms with E-state index in [1.165, 1.54) is 19.3 Å². The van der Waals surface area contributed by atoms with E-state index in [9.17, 15) is 0 Å². The number of nitrogens with zero attached hydrogens (tertiary/aromatic N) is 3. The first-order valence-corrected chi connectivity index (χ1v) is 8.30. The molecule has 1 saturated heterocycles. The normalized spacial score (nSPS) is 32.2. The zero-order valence-electron chi connectivity index (χ0n) is 13.6. The highest BCUT2D eigenvalue weighted by Gasteiger charge is 2.66. The van der Waals surface area contributed by atoms with Crippen LogP contribution in [0.1, 0.15) is 52.3 Å². The minimum Gasteiger partial charge on any atom is -0.377 e. The van der Waals surface area contributed by atoms with E-state index in [1.54, 1.807) is 0 Å². The number of aromatic nitrogens is 3. The molecule has 22 heavy (non-hydrogen) atoms. The van der Waals surface area contributed by atoms with Gasteiger partial charge in [-0.25, -0.2) is 0 Å². The maximum Gasteiger partial charge on any atom is 0.228 e. The molecule has 1 aromatic heterocycles. The lowest BCUT2D eigenvalue weighted by Crippen LogP contribution is -2.69. The Morgan fingerprint density at radius 3 is 2.64 bits per heavy atom. The van der Waals surface area contributed by atoms with Crippen LogP contribution in [0, 0.1) is 11.3 Å². The second-order valence-electron chi connectivity index (χ2n) is 8.04. The van der Waals surface area contributed by atoms with Gasteiger partial charge in [0, 0.05) is 29.4 Å². The van der Waals surface area contributed by atoms with E-state index in [4.69, 9.17) is 10.5 Å². The first kappa shape index (κ1) is 14.2. The van der Waals surface area contributed by atoms with Gasteiger partial charge in [0.2, 0.25) is 11.9 Å². The molecule has 2 saturated carbocycles. The van der Waals surface area contributed by atoms with Crippen LogP contribution in [0.3, 0.4) is 0 Å². The number of hydrogen-bond acceptors (Lipinski definition) is 6. The van der Waals surface area contributed by atoms with Crippen molar-refractivity contribution in [1.82, 2.24) is 15.0 Å². The third-order valence-corrected chi connectivity index (χ3v) is 5.64. The second kappa shape index (κ2) is 4.54. The van der Waals surface area contributed by atoms with Crippen molar-refractivity contribution in [2.45, 2.75) is 64.0 Å². The summed E-state index contributed by atoms with van der Waals surface area (Å²) in [6, 6.07) is 0.420. The predicted octanol–water partition coefficient (Wildman–Crippen LogP) is 2.12. The summed E-state index contributed by atoms with van der Waals surface area (Å²) in [5.74, 6) is 2.25. The molecule has 0 unspecified atom stereocenters. The topological polar surface area (TPSA) is 86.0 Å². The summed E-state index contributed by atoms with van der Waals surface area (Å²) in [6.07, 6.45) is 5.38. The van der Waals surface area contributed by atoms with Gasteiger partial charge < -0.3 is 15.8 Å². The molecule has 1 spiro atoms. The highest BCUT2D eigenvalue weighted by molar-refractivity contribution is 5.38. The average molecular weight is 303 g/mol. The second-order valence-corrected chi connectivity index (χ2v) is 8.04. The third-order valence-electron chi connectivity index (χ3n) is 5.64. The molecular formula is C16H25N5O. The van der Waals surface area contributed by atoms with Crippen molar-refractivity contribution in [3.63, 3.8) is 0 Å². The maximum atomic E-state index is 5.96. The van der Waals surface area contributed by atoms with Crippen molar-refractivity contribution in [2.75, 3.05) is 17.7 Å². The van der Waals surface area contributed by atoms with Gasteiger partial charge in [-0.05, 0) is 19.3 Å². The molecule has 1 aliphatic heterocycles. The lowest BCUT2D eigenvalue weighted by molar-refractivity contribution is -0.158. The van der Waals surface area contributed by atoms with E-state index in [0.717, 1.165) is 18.9 Å². The molecular weight excluding hydrogens is 278 g/mol. The highest BCUT2D eigenvalue weighted by Crippen LogP contribution is 2.63. The Morgan fingerprint density at radius 1 is 1.23 bits per heavy atom. The van der Waals surface area contributed by atoms with Crippen LogP contribution < -0.4 is 11.1 Å². The number of fused-ring (bicyclic) bond motifs is 2. The van der Waals surface area contributed by atoms with Gasteiger partial charge in [0.1, 0.15) is 5.82 Å². The molecule has 3 atom stereocenters. The van der Waals surface area contributed by atoms with E-state index in [0.29, 0.717) is 35.4 Å². The van der Waals surface area contributed by atoms with Crippen molar-refractivity contribution in [3.05, 3.63) is 5.82 Å². The summed E-state index contributed by atoms with van der Waals surface area (Å²) in [4.78, 5) is 13.2. The molecule has 0 bridgehead atoms. The van der Waals surface area contributed by atoms with E-state index in [-0.39, 0.29) is 5.41 Å². The van der Waals surface area contributed by atoms with Crippen LogP contribution in [-0.4, -0.2) is 33.7 Å². The van der Waals surface area contributed by atoms with Crippen LogP contribution in [0.4, 0.5) is 11.9 Å². The number of hydrogen-bond donors (Lipinski definition) is 2. The Morgan fingerprint density at radius 2 is 2.00 bits per heavy atom. The van der Waals surface area contributed by atoms with Gasteiger partial charge in [0.25, 0.3) is 0 Å². The summed E-state index contributed by atoms with van der Waals surface area (Å²) in [6.45, 7) is 7.15. The number of ether oxygens (including phenoxy) is 1. The molecule has 2 heterocycles. The number of anilines is 2. The molecule has 3 aliphatic rings. The van der Waals surface area contributed by atoms with Crippen molar-refractivity contribution >= 4 is 11.9 Å². The van der Waals surface area contributed by atoms with Gasteiger partial charge in [0.15, 0.2) is 0 Å². The maximum absolute atomic E-state index is 5.96. The predicted molar refractivity (Wildman–Crippen MR) is 84.5 cm³/mol. The smallest absolute Gasteiger partial charge is 0.228 e. The van der Waals surface area contributed by atoms with Crippen LogP contribution in [0.15, 0.2) is 0 Å². The van der Waals surface area contributed by atoms with Crippen molar-refractivity contribution < 1.29 is 4.74 Å². The van der Waals surface area contributed by atoms with Crippen LogP contribution in [0.25, 0.3) is 0 Å². The Kier molecular flexibility index (Phi) is 2.92. The van der Waals surface area contributed by atoms with Gasteiger partial charge in [-0.1, -0.05) is 27.2 Å². The molecule has 3 fully saturated rings. The van der Waals surface area contributed by atoms with Crippen LogP contribution >= 0.6 is 0 Å². The summed E-state index contributed by atoms with van der Waals surface area (Å²) >= 11 is 0. The Bertz CT molecular complexity index is 593. The van der Waals surface area contributed by atoms with E-state index >= 15 is 0 Å². The van der Waals surface area contributed by atoms with Crippen molar-refractivity contribution in [2.24, 2.45) is 11.3 Å². The number of nitrogens with two attached hydrogens (primary N) is 1. The van der Waals surface area contributed by atoms with Crippen LogP contribution in [0.5, 0.6) is 0 Å². The van der Waals surface area contributed by atoms with Gasteiger partial charge in [-0.3, -0.25) is 0 Å². The van der Waals surface area contributed by atoms with E-state index in [1.807, 2.05) is 0 Å². The Labute approximate surface area is 131 Å². The van der Waals surface area contributed by atoms with Gasteiger partial charge in [0.05, 0.1) is 6.10 Å². The minimum atomic E-state index is -0.139. The molecule has 0 aromatic carbocycles. The summed E-state index contributed by atoms with van der Waals surface area (Å²) < 4.78 is 5.96. The van der Waals surface area contributed by atoms with Crippen LogP contribution in [-0.2, 0) is 10.2 Å². The van der Waals surface area contributed by atoms with E-state index in [2.05, 4.69) is 41.0 Å². The fourth-order valence-corrected chi connectivity index (χ4v) is 4.39. The molecule has 0 amide bonds. The zero-order chi connectivity index (χ0) is 15.5. The highest BCUT2D eigenvalue weighted by atomic mass is 16.5. The zero-order valence-corrected chi connectivity index (χ0v) is 13.6. The number of nitrogen functional groups attached to an aromatic ring is 1. The lowest BCUT2D eigenvalue weighted by atomic mass is 9.46. The molecule has 4 rings (SSSR count). The average Bonchev–Trinajstić information content (AvgIpc) is 2.78. The first-order chi connectivity index (χ1) is 10.4. The van der Waals surface area contributed by atoms with Gasteiger partial charge in [-0.2, -0.15) is 15.0 Å². The van der Waals surface area contributed by atoms with Crippen molar-refractivity contribution in [1.29, 1.82) is 0 Å². The van der Waals surface area contributed by atoms with Crippen molar-refractivity contribution in [3.8, 4) is 0 Å². The molecule has 3 N–H and O–H groups in total. The molecule has 6 nitrogen and oxygen atoms in total. The molecule has 0 radical (unpaired) electrons. The molecule has 2 aliphatic carbocycles. The SMILES string of the molecule is CC(C)(C)c1nc(N)nc(N[C@@H]2[C@@H]3CCO[C@@H]3C23CCC3)n1. The Balaban J connectivity index is 1.60. The van der Waals surface area contributed by atoms with Gasteiger partial charge >= 0.3 is 0 Å². The molecule has 120 valence electrons. The summed E-state index contributed by atoms with van der Waals surface area (Å²) in [5.41, 5.74) is 6.06. The first-order valence-electron chi connectivity index (χ1n) is 8.30. The summed E-state index contributed by atoms with van der Waals surface area (Å²) in [7, 11) is 0. The minimum absolute atomic E-state index is 0.139. The number of rotatable bonds is 2. The quantitative estimate of drug-likeness (QED) is 0.870. The third kappa shape index (κ3) is 1.93. The lowest BCUT2D eigenvalue weighted by Gasteiger charge is -2.63. The molecule has 1 aromatic rings. The van der Waals surface area contributed by atoms with Crippen LogP contribution in [0.2, 0.25) is 0 Å².